The molecule has 0 aliphatic carbocycles. The Morgan fingerprint density at radius 3 is 2.12 bits per heavy atom. The van der Waals surface area contributed by atoms with Gasteiger partial charge in [-0.15, -0.1) is 0 Å². The van der Waals surface area contributed by atoms with E-state index in [1.807, 2.05) is 0 Å². The van der Waals surface area contributed by atoms with E-state index in [4.69, 9.17) is 0 Å². The molecular weight excluding hydrogens is 124 g/mol. The topological polar surface area (TPSA) is 34.1 Å². The van der Waals surface area contributed by atoms with Crippen LogP contribution in [0.4, 0.5) is 0 Å². The number of hydrogen-bond donors (Lipinski definition) is 0. The van der Waals surface area contributed by atoms with E-state index in [2.05, 4.69) is 0 Å². The molecule has 0 aromatic carbocycles. The zero-order valence-electron chi connectivity index (χ0n) is 5.09. The van der Waals surface area contributed by atoms with Crippen molar-refractivity contribution in [2.24, 2.45) is 0 Å². The zero-order chi connectivity index (χ0) is 6.62. The Hall–Kier alpha value is -0.310. The lowest BCUT2D eigenvalue weighted by Crippen LogP contribution is -1.95. The summed E-state index contributed by atoms with van der Waals surface area (Å²) >= 11 is 0. The third-order valence-corrected chi connectivity index (χ3v) is 2.24. The Bertz CT molecular complexity index is 165. The fourth-order valence-electron chi connectivity index (χ4n) is 0.304. The molecule has 0 unspecified atom stereocenters. The third kappa shape index (κ3) is 2.80. The summed E-state index contributed by atoms with van der Waals surface area (Å²) in [6.45, 7) is 3.31. The lowest BCUT2D eigenvalue weighted by atomic mass is 10.8. The van der Waals surface area contributed by atoms with Crippen molar-refractivity contribution in [1.29, 1.82) is 0 Å². The molecule has 2 nitrogen and oxygen atoms in total. The van der Waals surface area contributed by atoms with Crippen LogP contribution in [0.3, 0.4) is 0 Å². The highest BCUT2D eigenvalue weighted by atomic mass is 32.2. The highest BCUT2D eigenvalue weighted by Gasteiger charge is 1.96. The summed E-state index contributed by atoms with van der Waals surface area (Å²) in [6.07, 6.45) is 1.53. The maximum absolute atomic E-state index is 10.5. The summed E-state index contributed by atoms with van der Waals surface area (Å²) < 4.78 is 21.0. The van der Waals surface area contributed by atoms with Gasteiger partial charge in [-0.2, -0.15) is 0 Å². The monoisotopic (exact) mass is 134 g/mol. The predicted molar refractivity (Wildman–Crippen MR) is 34.3 cm³/mol. The lowest BCUT2D eigenvalue weighted by Gasteiger charge is -1.86. The van der Waals surface area contributed by atoms with E-state index >= 15 is 0 Å². The maximum Gasteiger partial charge on any atom is 0.171 e. The summed E-state index contributed by atoms with van der Waals surface area (Å²) in [5.74, 6) is 0.192. The summed E-state index contributed by atoms with van der Waals surface area (Å²) in [5, 5.41) is 1.22. The smallest absolute Gasteiger partial charge is 0.171 e. The molecule has 8 heavy (non-hydrogen) atoms. The number of sulfone groups is 1. The average Bonchev–Trinajstić information content (AvgIpc) is 1.67. The number of rotatable bonds is 2. The molecule has 0 aliphatic rings. The molecule has 0 fully saturated rings. The minimum absolute atomic E-state index is 0.192. The second kappa shape index (κ2) is 2.87. The first-order valence-electron chi connectivity index (χ1n) is 2.48. The quantitative estimate of drug-likeness (QED) is 0.563. The average molecular weight is 134 g/mol. The Balaban J connectivity index is 4.17. The molecular formula is C5H10O2S. The van der Waals surface area contributed by atoms with Gasteiger partial charge in [-0.25, -0.2) is 8.42 Å². The van der Waals surface area contributed by atoms with E-state index in [1.165, 1.54) is 11.5 Å². The van der Waals surface area contributed by atoms with Gasteiger partial charge in [0.15, 0.2) is 9.84 Å². The SMILES string of the molecule is C/C=C/S(=O)(=O)CC. The van der Waals surface area contributed by atoms with Gasteiger partial charge < -0.3 is 0 Å². The zero-order valence-corrected chi connectivity index (χ0v) is 5.90. The Morgan fingerprint density at radius 1 is 1.50 bits per heavy atom. The molecule has 0 spiro atoms. The maximum atomic E-state index is 10.5. The highest BCUT2D eigenvalue weighted by molar-refractivity contribution is 7.94. The fourth-order valence-corrected chi connectivity index (χ4v) is 0.911. The van der Waals surface area contributed by atoms with Gasteiger partial charge in [0.2, 0.25) is 0 Å². The molecule has 0 saturated carbocycles. The Kier molecular flexibility index (Phi) is 2.76. The minimum atomic E-state index is -2.85. The summed E-state index contributed by atoms with van der Waals surface area (Å²) in [5.41, 5.74) is 0. The predicted octanol–water partition coefficient (Wildman–Crippen LogP) is 0.955. The lowest BCUT2D eigenvalue weighted by molar-refractivity contribution is 0.605. The minimum Gasteiger partial charge on any atom is -0.224 e. The second-order valence-electron chi connectivity index (χ2n) is 1.42. The van der Waals surface area contributed by atoms with Crippen LogP contribution in [0.15, 0.2) is 11.5 Å². The molecule has 0 rings (SSSR count). The molecule has 0 aliphatic heterocycles. The van der Waals surface area contributed by atoms with Crippen LogP contribution in [0.25, 0.3) is 0 Å². The molecule has 3 heteroatoms. The van der Waals surface area contributed by atoms with E-state index in [0.29, 0.717) is 0 Å². The van der Waals surface area contributed by atoms with Crippen molar-refractivity contribution < 1.29 is 8.42 Å². The van der Waals surface area contributed by atoms with Crippen LogP contribution in [0.2, 0.25) is 0 Å². The first-order chi connectivity index (χ1) is 3.62. The van der Waals surface area contributed by atoms with Crippen molar-refractivity contribution in [3.05, 3.63) is 11.5 Å². The Labute approximate surface area is 50.1 Å². The number of hydrogen-bond acceptors (Lipinski definition) is 2. The van der Waals surface area contributed by atoms with Gasteiger partial charge in [-0.1, -0.05) is 13.0 Å². The number of allylic oxidation sites excluding steroid dienone is 1. The van der Waals surface area contributed by atoms with E-state index in [9.17, 15) is 8.42 Å². The van der Waals surface area contributed by atoms with Crippen molar-refractivity contribution in [2.75, 3.05) is 5.75 Å². The molecule has 0 N–H and O–H groups in total. The first-order valence-corrected chi connectivity index (χ1v) is 4.19. The van der Waals surface area contributed by atoms with E-state index in [1.54, 1.807) is 13.8 Å². The van der Waals surface area contributed by atoms with Crippen LogP contribution >= 0.6 is 0 Å². The largest absolute Gasteiger partial charge is 0.224 e. The van der Waals surface area contributed by atoms with Gasteiger partial charge in [0.25, 0.3) is 0 Å². The van der Waals surface area contributed by atoms with Crippen molar-refractivity contribution in [3.8, 4) is 0 Å². The molecule has 0 aromatic heterocycles. The van der Waals surface area contributed by atoms with Gasteiger partial charge in [0.05, 0.1) is 5.75 Å². The van der Waals surface area contributed by atoms with E-state index in [0.717, 1.165) is 0 Å². The van der Waals surface area contributed by atoms with Crippen molar-refractivity contribution >= 4 is 9.84 Å². The van der Waals surface area contributed by atoms with Gasteiger partial charge in [-0.3, -0.25) is 0 Å². The van der Waals surface area contributed by atoms with Crippen LogP contribution in [0.1, 0.15) is 13.8 Å². The Morgan fingerprint density at radius 2 is 2.00 bits per heavy atom. The van der Waals surface area contributed by atoms with Crippen LogP contribution in [-0.4, -0.2) is 14.2 Å². The molecule has 0 heterocycles. The summed E-state index contributed by atoms with van der Waals surface area (Å²) in [7, 11) is -2.85. The third-order valence-electron chi connectivity index (χ3n) is 0.746. The molecule has 48 valence electrons. The van der Waals surface area contributed by atoms with E-state index < -0.39 is 9.84 Å². The van der Waals surface area contributed by atoms with Crippen LogP contribution < -0.4 is 0 Å². The molecule has 0 radical (unpaired) electrons. The van der Waals surface area contributed by atoms with Gasteiger partial charge >= 0.3 is 0 Å². The molecule has 0 amide bonds. The highest BCUT2D eigenvalue weighted by Crippen LogP contribution is 1.89. The van der Waals surface area contributed by atoms with Crippen molar-refractivity contribution in [3.63, 3.8) is 0 Å². The molecule has 0 aromatic rings. The first kappa shape index (κ1) is 7.69. The van der Waals surface area contributed by atoms with Crippen LogP contribution in [-0.2, 0) is 9.84 Å². The standard InChI is InChI=1S/C5H10O2S/c1-3-5-8(6,7)4-2/h3,5H,4H2,1-2H3/b5-3+. The molecule has 0 atom stereocenters. The molecule has 0 saturated heterocycles. The molecule has 0 bridgehead atoms. The van der Waals surface area contributed by atoms with Gasteiger partial charge in [0, 0.05) is 5.41 Å². The normalized spacial score (nSPS) is 12.8. The van der Waals surface area contributed by atoms with Gasteiger partial charge in [0.1, 0.15) is 0 Å². The van der Waals surface area contributed by atoms with Crippen molar-refractivity contribution in [2.45, 2.75) is 13.8 Å². The van der Waals surface area contributed by atoms with Crippen molar-refractivity contribution in [1.82, 2.24) is 0 Å². The summed E-state index contributed by atoms with van der Waals surface area (Å²) in [4.78, 5) is 0. The fraction of sp³-hybridized carbons (Fsp3) is 0.600. The van der Waals surface area contributed by atoms with Crippen LogP contribution in [0, 0.1) is 0 Å². The van der Waals surface area contributed by atoms with E-state index in [-0.39, 0.29) is 5.75 Å². The summed E-state index contributed by atoms with van der Waals surface area (Å²) in [6, 6.07) is 0. The van der Waals surface area contributed by atoms with Crippen LogP contribution in [0.5, 0.6) is 0 Å². The second-order valence-corrected chi connectivity index (χ2v) is 3.60. The van der Waals surface area contributed by atoms with Gasteiger partial charge in [-0.05, 0) is 6.92 Å².